The third-order valence-corrected chi connectivity index (χ3v) is 3.05. The highest BCUT2D eigenvalue weighted by Gasteiger charge is 2.14. The summed E-state index contributed by atoms with van der Waals surface area (Å²) in [5, 5.41) is 11.7. The molecule has 0 spiro atoms. The number of benzene rings is 1. The van der Waals surface area contributed by atoms with Crippen LogP contribution in [0.1, 0.15) is 17.3 Å². The van der Waals surface area contributed by atoms with Crippen LogP contribution in [0, 0.1) is 0 Å². The van der Waals surface area contributed by atoms with Crippen LogP contribution >= 0.6 is 15.9 Å². The minimum absolute atomic E-state index is 0.194. The van der Waals surface area contributed by atoms with Gasteiger partial charge in [0.2, 0.25) is 0 Å². The Morgan fingerprint density at radius 2 is 1.89 bits per heavy atom. The van der Waals surface area contributed by atoms with E-state index in [1.165, 1.54) is 14.2 Å². The summed E-state index contributed by atoms with van der Waals surface area (Å²) in [5.41, 5.74) is 0.410. The average Bonchev–Trinajstić information content (AvgIpc) is 2.36. The van der Waals surface area contributed by atoms with E-state index in [0.29, 0.717) is 21.5 Å². The second-order valence-electron chi connectivity index (χ2n) is 3.75. The molecule has 1 aromatic carbocycles. The lowest BCUT2D eigenvalue weighted by molar-refractivity contribution is 0.0923. The number of halogens is 1. The minimum Gasteiger partial charge on any atom is -0.495 e. The van der Waals surface area contributed by atoms with E-state index in [4.69, 9.17) is 14.6 Å². The molecule has 1 aromatic rings. The first-order valence-corrected chi connectivity index (χ1v) is 6.16. The first-order valence-electron chi connectivity index (χ1n) is 5.37. The monoisotopic (exact) mass is 317 g/mol. The Hall–Kier alpha value is -1.27. The van der Waals surface area contributed by atoms with Gasteiger partial charge in [0.25, 0.3) is 5.91 Å². The Morgan fingerprint density at radius 3 is 2.28 bits per heavy atom. The van der Waals surface area contributed by atoms with Crippen molar-refractivity contribution in [2.75, 3.05) is 20.8 Å². The van der Waals surface area contributed by atoms with E-state index in [0.717, 1.165) is 0 Å². The summed E-state index contributed by atoms with van der Waals surface area (Å²) in [6, 6.07) is 3.20. The van der Waals surface area contributed by atoms with Crippen LogP contribution in [-0.4, -0.2) is 37.9 Å². The van der Waals surface area contributed by atoms with Crippen molar-refractivity contribution < 1.29 is 19.4 Å². The summed E-state index contributed by atoms with van der Waals surface area (Å²) in [7, 11) is 3.02. The van der Waals surface area contributed by atoms with Crippen molar-refractivity contribution in [2.24, 2.45) is 0 Å². The standard InChI is InChI=1S/C12H16BrNO4/c1-7(15)6-14-12(16)8-4-9(17-2)11(13)10(5-8)18-3/h4-5,7,15H,6H2,1-3H3,(H,14,16)/t7-/m1/s1. The molecule has 0 radical (unpaired) electrons. The Kier molecular flexibility index (Phi) is 5.43. The largest absolute Gasteiger partial charge is 0.495 e. The molecule has 0 heterocycles. The number of nitrogens with one attached hydrogen (secondary N) is 1. The van der Waals surface area contributed by atoms with E-state index in [-0.39, 0.29) is 12.5 Å². The molecule has 0 aliphatic carbocycles. The van der Waals surface area contributed by atoms with Crippen molar-refractivity contribution in [3.05, 3.63) is 22.2 Å². The van der Waals surface area contributed by atoms with Gasteiger partial charge in [0.1, 0.15) is 16.0 Å². The summed E-state index contributed by atoms with van der Waals surface area (Å²) >= 11 is 3.33. The number of rotatable bonds is 5. The van der Waals surface area contributed by atoms with Crippen LogP contribution < -0.4 is 14.8 Å². The average molecular weight is 318 g/mol. The van der Waals surface area contributed by atoms with Crippen LogP contribution in [0.25, 0.3) is 0 Å². The van der Waals surface area contributed by atoms with Crippen molar-refractivity contribution in [2.45, 2.75) is 13.0 Å². The highest BCUT2D eigenvalue weighted by molar-refractivity contribution is 9.10. The first-order chi connectivity index (χ1) is 8.49. The lowest BCUT2D eigenvalue weighted by atomic mass is 10.2. The number of amides is 1. The highest BCUT2D eigenvalue weighted by atomic mass is 79.9. The van der Waals surface area contributed by atoms with Crippen molar-refractivity contribution in [3.8, 4) is 11.5 Å². The molecule has 1 atom stereocenters. The van der Waals surface area contributed by atoms with Crippen LogP contribution in [-0.2, 0) is 0 Å². The molecule has 1 rings (SSSR count). The first kappa shape index (κ1) is 14.8. The van der Waals surface area contributed by atoms with E-state index in [1.54, 1.807) is 19.1 Å². The van der Waals surface area contributed by atoms with Crippen molar-refractivity contribution >= 4 is 21.8 Å². The maximum atomic E-state index is 11.8. The molecule has 0 saturated heterocycles. The number of carbonyl (C=O) groups excluding carboxylic acids is 1. The second kappa shape index (κ2) is 6.61. The van der Waals surface area contributed by atoms with Gasteiger partial charge in [0, 0.05) is 12.1 Å². The lowest BCUT2D eigenvalue weighted by Gasteiger charge is -2.12. The molecule has 0 unspecified atom stereocenters. The molecule has 2 N–H and O–H groups in total. The number of methoxy groups -OCH3 is 2. The normalized spacial score (nSPS) is 11.8. The number of ether oxygens (including phenoxy) is 2. The molecule has 0 bridgehead atoms. The fourth-order valence-electron chi connectivity index (χ4n) is 1.34. The quantitative estimate of drug-likeness (QED) is 0.865. The number of aliphatic hydroxyl groups excluding tert-OH is 1. The molecule has 0 aliphatic rings. The van der Waals surface area contributed by atoms with Gasteiger partial charge in [-0.25, -0.2) is 0 Å². The van der Waals surface area contributed by atoms with Gasteiger partial charge in [-0.2, -0.15) is 0 Å². The topological polar surface area (TPSA) is 67.8 Å². The molecule has 0 fully saturated rings. The summed E-state index contributed by atoms with van der Waals surface area (Å²) < 4.78 is 10.9. The molecule has 0 aromatic heterocycles. The molecule has 6 heteroatoms. The highest BCUT2D eigenvalue weighted by Crippen LogP contribution is 2.35. The van der Waals surface area contributed by atoms with Gasteiger partial charge in [0.05, 0.1) is 20.3 Å². The zero-order chi connectivity index (χ0) is 13.7. The number of aliphatic hydroxyl groups is 1. The molecule has 1 amide bonds. The van der Waals surface area contributed by atoms with Crippen LogP contribution in [0.5, 0.6) is 11.5 Å². The smallest absolute Gasteiger partial charge is 0.251 e. The Bertz CT molecular complexity index is 409. The molecule has 0 saturated carbocycles. The van der Waals surface area contributed by atoms with Crippen molar-refractivity contribution in [1.29, 1.82) is 0 Å². The van der Waals surface area contributed by atoms with Crippen LogP contribution in [0.2, 0.25) is 0 Å². The molecule has 100 valence electrons. The Labute approximate surface area is 114 Å². The van der Waals surface area contributed by atoms with Crippen LogP contribution in [0.4, 0.5) is 0 Å². The zero-order valence-corrected chi connectivity index (χ0v) is 12.1. The summed E-state index contributed by atoms with van der Waals surface area (Å²) in [6.07, 6.45) is -0.590. The predicted molar refractivity (Wildman–Crippen MR) is 71.3 cm³/mol. The van der Waals surface area contributed by atoms with Crippen LogP contribution in [0.15, 0.2) is 16.6 Å². The van der Waals surface area contributed by atoms with E-state index >= 15 is 0 Å². The predicted octanol–water partition coefficient (Wildman–Crippen LogP) is 1.58. The van der Waals surface area contributed by atoms with Gasteiger partial charge in [-0.05, 0) is 35.0 Å². The van der Waals surface area contributed by atoms with Gasteiger partial charge in [-0.3, -0.25) is 4.79 Å². The second-order valence-corrected chi connectivity index (χ2v) is 4.55. The van der Waals surface area contributed by atoms with E-state index in [2.05, 4.69) is 21.2 Å². The van der Waals surface area contributed by atoms with Gasteiger partial charge >= 0.3 is 0 Å². The molecule has 18 heavy (non-hydrogen) atoms. The van der Waals surface area contributed by atoms with Gasteiger partial charge in [0.15, 0.2) is 0 Å². The fraction of sp³-hybridized carbons (Fsp3) is 0.417. The SMILES string of the molecule is COc1cc(C(=O)NC[C@@H](C)O)cc(OC)c1Br. The van der Waals surface area contributed by atoms with Gasteiger partial charge in [-0.1, -0.05) is 0 Å². The Morgan fingerprint density at radius 1 is 1.39 bits per heavy atom. The third-order valence-electron chi connectivity index (χ3n) is 2.27. The number of hydrogen-bond donors (Lipinski definition) is 2. The van der Waals surface area contributed by atoms with Crippen molar-refractivity contribution in [1.82, 2.24) is 5.32 Å². The number of hydrogen-bond acceptors (Lipinski definition) is 4. The Balaban J connectivity index is 2.98. The van der Waals surface area contributed by atoms with Crippen molar-refractivity contribution in [3.63, 3.8) is 0 Å². The molecular formula is C12H16BrNO4. The van der Waals surface area contributed by atoms with E-state index < -0.39 is 6.10 Å². The molecular weight excluding hydrogens is 302 g/mol. The summed E-state index contributed by atoms with van der Waals surface area (Å²) in [6.45, 7) is 1.79. The summed E-state index contributed by atoms with van der Waals surface area (Å²) in [4.78, 5) is 11.8. The summed E-state index contributed by atoms with van der Waals surface area (Å²) in [5.74, 6) is 0.730. The zero-order valence-electron chi connectivity index (χ0n) is 10.5. The third kappa shape index (κ3) is 3.61. The van der Waals surface area contributed by atoms with E-state index in [1.807, 2.05) is 0 Å². The molecule has 5 nitrogen and oxygen atoms in total. The van der Waals surface area contributed by atoms with Gasteiger partial charge in [-0.15, -0.1) is 0 Å². The fourth-order valence-corrected chi connectivity index (χ4v) is 1.90. The molecule has 0 aliphatic heterocycles. The maximum Gasteiger partial charge on any atom is 0.251 e. The maximum absolute atomic E-state index is 11.8. The van der Waals surface area contributed by atoms with Crippen LogP contribution in [0.3, 0.4) is 0 Å². The lowest BCUT2D eigenvalue weighted by Crippen LogP contribution is -2.30. The number of carbonyl (C=O) groups is 1. The van der Waals surface area contributed by atoms with E-state index in [9.17, 15) is 4.79 Å². The van der Waals surface area contributed by atoms with Gasteiger partial charge < -0.3 is 19.9 Å². The minimum atomic E-state index is -0.590.